The average Bonchev–Trinajstić information content (AvgIpc) is 3.49. The second-order valence-corrected chi connectivity index (χ2v) is 7.80. The molecule has 0 aliphatic carbocycles. The molecule has 5 rings (SSSR count). The molecule has 1 aliphatic rings. The van der Waals surface area contributed by atoms with Crippen LogP contribution in [0.3, 0.4) is 0 Å². The molecular weight excluding hydrogens is 388 g/mol. The van der Waals surface area contributed by atoms with E-state index in [4.69, 9.17) is 0 Å². The molecule has 4 heterocycles. The number of carbonyl (C=O) groups is 1. The molecule has 0 radical (unpaired) electrons. The third kappa shape index (κ3) is 4.40. The summed E-state index contributed by atoms with van der Waals surface area (Å²) >= 11 is 0. The van der Waals surface area contributed by atoms with Crippen molar-refractivity contribution in [3.8, 4) is 11.5 Å². The molecule has 0 spiro atoms. The lowest BCUT2D eigenvalue weighted by molar-refractivity contribution is -0.116. The Kier molecular flexibility index (Phi) is 5.31. The lowest BCUT2D eigenvalue weighted by Gasteiger charge is -2.16. The molecule has 0 saturated carbocycles. The van der Waals surface area contributed by atoms with Crippen molar-refractivity contribution in [3.05, 3.63) is 66.5 Å². The number of hydrogen-bond acceptors (Lipinski definition) is 5. The molecular formula is C24H24N6O. The predicted octanol–water partition coefficient (Wildman–Crippen LogP) is 4.19. The Hall–Kier alpha value is -3.74. The Morgan fingerprint density at radius 1 is 1.06 bits per heavy atom. The van der Waals surface area contributed by atoms with Crippen molar-refractivity contribution in [3.63, 3.8) is 0 Å². The zero-order valence-electron chi connectivity index (χ0n) is 17.2. The smallest absolute Gasteiger partial charge is 0.224 e. The van der Waals surface area contributed by atoms with Gasteiger partial charge in [0.25, 0.3) is 0 Å². The first-order valence-electron chi connectivity index (χ1n) is 10.7. The van der Waals surface area contributed by atoms with Gasteiger partial charge in [-0.15, -0.1) is 0 Å². The number of rotatable bonds is 6. The average molecular weight is 412 g/mol. The maximum atomic E-state index is 12.4. The highest BCUT2D eigenvalue weighted by atomic mass is 16.1. The molecule has 3 aromatic heterocycles. The summed E-state index contributed by atoms with van der Waals surface area (Å²) in [6, 6.07) is 15.5. The Morgan fingerprint density at radius 2 is 1.97 bits per heavy atom. The number of nitrogens with one attached hydrogen (secondary N) is 2. The number of amides is 1. The van der Waals surface area contributed by atoms with Crippen LogP contribution >= 0.6 is 0 Å². The quantitative estimate of drug-likeness (QED) is 0.496. The van der Waals surface area contributed by atoms with Crippen LogP contribution in [-0.2, 0) is 11.2 Å². The van der Waals surface area contributed by atoms with Crippen molar-refractivity contribution in [2.45, 2.75) is 25.7 Å². The van der Waals surface area contributed by atoms with Gasteiger partial charge in [-0.3, -0.25) is 9.78 Å². The van der Waals surface area contributed by atoms with Gasteiger partial charge >= 0.3 is 0 Å². The van der Waals surface area contributed by atoms with Crippen LogP contribution in [0.1, 0.15) is 24.8 Å². The number of benzene rings is 1. The first kappa shape index (κ1) is 19.2. The highest BCUT2D eigenvalue weighted by Crippen LogP contribution is 2.22. The summed E-state index contributed by atoms with van der Waals surface area (Å²) in [5.74, 6) is 1.72. The number of aryl methyl sites for hydroxylation is 1. The third-order valence-corrected chi connectivity index (χ3v) is 5.55. The molecule has 1 fully saturated rings. The lowest BCUT2D eigenvalue weighted by atomic mass is 10.1. The number of anilines is 2. The monoisotopic (exact) mass is 412 g/mol. The number of nitrogens with zero attached hydrogens (tertiary/aromatic N) is 4. The predicted molar refractivity (Wildman–Crippen MR) is 122 cm³/mol. The molecule has 4 aromatic rings. The molecule has 0 unspecified atom stereocenters. The number of H-pyrrole nitrogens is 1. The molecule has 156 valence electrons. The highest BCUT2D eigenvalue weighted by molar-refractivity contribution is 5.93. The molecule has 31 heavy (non-hydrogen) atoms. The topological polar surface area (TPSA) is 86.8 Å². The summed E-state index contributed by atoms with van der Waals surface area (Å²) in [6.07, 6.45) is 7.16. The minimum Gasteiger partial charge on any atom is -0.357 e. The number of imidazole rings is 1. The van der Waals surface area contributed by atoms with Crippen molar-refractivity contribution in [2.75, 3.05) is 23.3 Å². The summed E-state index contributed by atoms with van der Waals surface area (Å²) in [5.41, 5.74) is 4.30. The van der Waals surface area contributed by atoms with Crippen molar-refractivity contribution in [2.24, 2.45) is 0 Å². The second-order valence-electron chi connectivity index (χ2n) is 7.80. The van der Waals surface area contributed by atoms with Gasteiger partial charge in [0.15, 0.2) is 5.82 Å². The van der Waals surface area contributed by atoms with Crippen molar-refractivity contribution in [1.82, 2.24) is 19.9 Å². The molecule has 1 saturated heterocycles. The van der Waals surface area contributed by atoms with Crippen molar-refractivity contribution >= 4 is 28.4 Å². The van der Waals surface area contributed by atoms with E-state index in [9.17, 15) is 4.79 Å². The van der Waals surface area contributed by atoms with Gasteiger partial charge in [0.2, 0.25) is 5.91 Å². The van der Waals surface area contributed by atoms with Crippen LogP contribution in [0.25, 0.3) is 22.6 Å². The number of fused-ring (bicyclic) bond motifs is 1. The van der Waals surface area contributed by atoms with E-state index in [2.05, 4.69) is 42.3 Å². The van der Waals surface area contributed by atoms with Gasteiger partial charge in [-0.05, 0) is 61.2 Å². The van der Waals surface area contributed by atoms with Gasteiger partial charge in [-0.2, -0.15) is 0 Å². The Labute approximate surface area is 180 Å². The number of pyridine rings is 2. The summed E-state index contributed by atoms with van der Waals surface area (Å²) in [4.78, 5) is 31.5. The van der Waals surface area contributed by atoms with Crippen LogP contribution in [0.4, 0.5) is 11.5 Å². The minimum atomic E-state index is -0.0209. The largest absolute Gasteiger partial charge is 0.357 e. The van der Waals surface area contributed by atoms with Crippen LogP contribution in [0.5, 0.6) is 0 Å². The van der Waals surface area contributed by atoms with E-state index in [1.54, 1.807) is 6.20 Å². The summed E-state index contributed by atoms with van der Waals surface area (Å²) in [7, 11) is 0. The number of carbonyl (C=O) groups excluding carboxylic acids is 1. The van der Waals surface area contributed by atoms with E-state index >= 15 is 0 Å². The molecule has 0 bridgehead atoms. The summed E-state index contributed by atoms with van der Waals surface area (Å²) < 4.78 is 0. The fourth-order valence-electron chi connectivity index (χ4n) is 3.89. The van der Waals surface area contributed by atoms with Gasteiger partial charge < -0.3 is 15.2 Å². The van der Waals surface area contributed by atoms with Crippen LogP contribution in [0, 0.1) is 0 Å². The molecule has 7 heteroatoms. The number of aromatic amines is 1. The van der Waals surface area contributed by atoms with Gasteiger partial charge in [-0.25, -0.2) is 9.97 Å². The van der Waals surface area contributed by atoms with Gasteiger partial charge in [-0.1, -0.05) is 12.1 Å². The van der Waals surface area contributed by atoms with E-state index in [1.807, 2.05) is 42.6 Å². The minimum absolute atomic E-state index is 0.0209. The maximum absolute atomic E-state index is 12.4. The van der Waals surface area contributed by atoms with Crippen LogP contribution in [0.2, 0.25) is 0 Å². The Balaban J connectivity index is 1.20. The molecule has 1 aliphatic heterocycles. The molecule has 7 nitrogen and oxygen atoms in total. The van der Waals surface area contributed by atoms with E-state index in [1.165, 1.54) is 12.8 Å². The van der Waals surface area contributed by atoms with E-state index in [0.717, 1.165) is 46.9 Å². The van der Waals surface area contributed by atoms with E-state index in [0.29, 0.717) is 18.7 Å². The number of aromatic nitrogens is 4. The molecule has 1 aromatic carbocycles. The van der Waals surface area contributed by atoms with Crippen LogP contribution in [-0.4, -0.2) is 38.9 Å². The van der Waals surface area contributed by atoms with Gasteiger partial charge in [0, 0.05) is 37.6 Å². The Bertz CT molecular complexity index is 1180. The van der Waals surface area contributed by atoms with Crippen molar-refractivity contribution < 1.29 is 4.79 Å². The fourth-order valence-corrected chi connectivity index (χ4v) is 3.89. The fraction of sp³-hybridized carbons (Fsp3) is 0.250. The van der Waals surface area contributed by atoms with Crippen LogP contribution in [0.15, 0.2) is 60.9 Å². The summed E-state index contributed by atoms with van der Waals surface area (Å²) in [6.45, 7) is 2.16. The molecule has 0 atom stereocenters. The SMILES string of the molecule is O=C(CCc1ccc(N2CCCC2)nc1)Nc1ccc2nc(-c3ccccn3)[nH]c2c1. The standard InChI is InChI=1S/C24H24N6O/c31-23(11-7-17-6-10-22(26-16-17)30-13-3-4-14-30)27-18-8-9-19-21(15-18)29-24(28-19)20-5-1-2-12-25-20/h1-2,5-6,8-10,12,15-16H,3-4,7,11,13-14H2,(H,27,31)(H,28,29). The highest BCUT2D eigenvalue weighted by Gasteiger charge is 2.13. The molecule has 2 N–H and O–H groups in total. The van der Waals surface area contributed by atoms with Crippen LogP contribution < -0.4 is 10.2 Å². The van der Waals surface area contributed by atoms with Crippen molar-refractivity contribution in [1.29, 1.82) is 0 Å². The first-order chi connectivity index (χ1) is 15.2. The Morgan fingerprint density at radius 3 is 2.74 bits per heavy atom. The number of hydrogen-bond donors (Lipinski definition) is 2. The zero-order valence-corrected chi connectivity index (χ0v) is 17.2. The first-order valence-corrected chi connectivity index (χ1v) is 10.7. The van der Waals surface area contributed by atoms with Gasteiger partial charge in [0.05, 0.1) is 11.0 Å². The zero-order chi connectivity index (χ0) is 21.0. The third-order valence-electron chi connectivity index (χ3n) is 5.55. The second kappa shape index (κ2) is 8.55. The summed E-state index contributed by atoms with van der Waals surface area (Å²) in [5, 5.41) is 2.98. The lowest BCUT2D eigenvalue weighted by Crippen LogP contribution is -2.18. The normalized spacial score (nSPS) is 13.6. The van der Waals surface area contributed by atoms with E-state index < -0.39 is 0 Å². The van der Waals surface area contributed by atoms with Gasteiger partial charge in [0.1, 0.15) is 11.5 Å². The molecule has 1 amide bonds. The van der Waals surface area contributed by atoms with E-state index in [-0.39, 0.29) is 5.91 Å². The maximum Gasteiger partial charge on any atom is 0.224 e.